The fraction of sp³-hybridized carbons (Fsp3) is 1.00. The van der Waals surface area contributed by atoms with Gasteiger partial charge >= 0.3 is 0 Å². The molecule has 68 valence electrons. The summed E-state index contributed by atoms with van der Waals surface area (Å²) >= 11 is 21.5. The molecular weight excluding hydrogens is 572 g/mol. The van der Waals surface area contributed by atoms with Gasteiger partial charge in [0.25, 0.3) is 7.86 Å². The zero-order valence-electron chi connectivity index (χ0n) is 5.39. The molecule has 0 N–H and O–H groups in total. The highest BCUT2D eigenvalue weighted by molar-refractivity contribution is 9.72. The average Bonchev–Trinajstić information content (AvgIpc) is 1.55. The van der Waals surface area contributed by atoms with Crippen LogP contribution >= 0.6 is 91.8 Å². The van der Waals surface area contributed by atoms with Gasteiger partial charge in [0.15, 0.2) is 0 Å². The molecule has 0 atom stereocenters. The third-order valence-electron chi connectivity index (χ3n) is 0.921. The third-order valence-corrected chi connectivity index (χ3v) is 9.90. The zero-order chi connectivity index (χ0) is 9.12. The Morgan fingerprint density at radius 1 is 0.636 bits per heavy atom. The first-order chi connectivity index (χ1) is 4.71. The highest BCUT2D eigenvalue weighted by Crippen LogP contribution is 2.38. The fourth-order valence-corrected chi connectivity index (χ4v) is 7.04. The molecule has 0 aromatic rings. The molecule has 0 spiro atoms. The SMILES string of the molecule is Br[Si](Br)(Br)CCC[Si](Br)(Br)Br. The number of halogens is 6. The highest BCUT2D eigenvalue weighted by Gasteiger charge is 2.26. The van der Waals surface area contributed by atoms with E-state index < -0.39 is 7.86 Å². The molecule has 0 saturated heterocycles. The van der Waals surface area contributed by atoms with Gasteiger partial charge < -0.3 is 0 Å². The average molecular weight is 578 g/mol. The molecule has 0 bridgehead atoms. The molecule has 0 aromatic heterocycles. The molecule has 11 heavy (non-hydrogen) atoms. The van der Waals surface area contributed by atoms with Crippen molar-refractivity contribution in [3.05, 3.63) is 0 Å². The van der Waals surface area contributed by atoms with Gasteiger partial charge in [0, 0.05) is 0 Å². The lowest BCUT2D eigenvalue weighted by Gasteiger charge is -2.11. The van der Waals surface area contributed by atoms with E-state index in [1.807, 2.05) is 0 Å². The van der Waals surface area contributed by atoms with Gasteiger partial charge in [0.2, 0.25) is 0 Å². The van der Waals surface area contributed by atoms with E-state index in [2.05, 4.69) is 91.8 Å². The van der Waals surface area contributed by atoms with Crippen LogP contribution in [0.1, 0.15) is 6.42 Å². The quantitative estimate of drug-likeness (QED) is 0.301. The van der Waals surface area contributed by atoms with E-state index >= 15 is 0 Å². The van der Waals surface area contributed by atoms with Crippen LogP contribution in [0.2, 0.25) is 12.1 Å². The van der Waals surface area contributed by atoms with Gasteiger partial charge in [-0.25, -0.2) is 0 Å². The molecule has 0 aliphatic rings. The van der Waals surface area contributed by atoms with Crippen LogP contribution in [0.4, 0.5) is 0 Å². The van der Waals surface area contributed by atoms with Crippen LogP contribution < -0.4 is 0 Å². The summed E-state index contributed by atoms with van der Waals surface area (Å²) in [5.41, 5.74) is 0. The Bertz CT molecular complexity index is 100.0. The Morgan fingerprint density at radius 2 is 0.909 bits per heavy atom. The minimum absolute atomic E-state index is 1.19. The summed E-state index contributed by atoms with van der Waals surface area (Å²) in [7, 11) is 0. The summed E-state index contributed by atoms with van der Waals surface area (Å²) in [4.78, 5) is 0. The standard InChI is InChI=1S/C3H6Br6Si2/c4-10(5,6)2-1-3-11(7,8)9/h1-3H2. The molecule has 0 saturated carbocycles. The highest BCUT2D eigenvalue weighted by atomic mass is 80.0. The van der Waals surface area contributed by atoms with Crippen LogP contribution in [0.5, 0.6) is 0 Å². The minimum Gasteiger partial charge on any atom is -0.0964 e. The lowest BCUT2D eigenvalue weighted by atomic mass is 10.6. The Labute approximate surface area is 116 Å². The topological polar surface area (TPSA) is 0 Å². The van der Waals surface area contributed by atoms with Crippen LogP contribution in [0.25, 0.3) is 0 Å². The van der Waals surface area contributed by atoms with Crippen molar-refractivity contribution in [1.29, 1.82) is 0 Å². The van der Waals surface area contributed by atoms with Crippen molar-refractivity contribution >= 4 is 99.6 Å². The predicted octanol–water partition coefficient (Wildman–Crippen LogP) is 5.62. The first-order valence-electron chi connectivity index (χ1n) is 2.84. The second-order valence-corrected chi connectivity index (χ2v) is 49.1. The molecule has 8 heteroatoms. The smallest absolute Gasteiger partial charge is 0.0964 e. The van der Waals surface area contributed by atoms with Crippen LogP contribution in [-0.2, 0) is 0 Å². The monoisotopic (exact) mass is 572 g/mol. The molecule has 0 fully saturated rings. The van der Waals surface area contributed by atoms with Crippen molar-refractivity contribution < 1.29 is 0 Å². The molecule has 0 aliphatic carbocycles. The molecule has 0 aliphatic heterocycles. The summed E-state index contributed by atoms with van der Waals surface area (Å²) in [6.45, 7) is 0. The van der Waals surface area contributed by atoms with Crippen LogP contribution in [-0.4, -0.2) is 7.86 Å². The molecule has 0 nitrogen and oxygen atoms in total. The van der Waals surface area contributed by atoms with Gasteiger partial charge in [0.05, 0.1) is 0 Å². The predicted molar refractivity (Wildman–Crippen MR) is 79.3 cm³/mol. The first kappa shape index (κ1) is 14.3. The van der Waals surface area contributed by atoms with Crippen molar-refractivity contribution in [2.24, 2.45) is 0 Å². The molecule has 0 unspecified atom stereocenters. The van der Waals surface area contributed by atoms with E-state index in [0.29, 0.717) is 0 Å². The van der Waals surface area contributed by atoms with Crippen molar-refractivity contribution in [2.75, 3.05) is 0 Å². The van der Waals surface area contributed by atoms with E-state index in [-0.39, 0.29) is 0 Å². The van der Waals surface area contributed by atoms with Gasteiger partial charge in [-0.3, -0.25) is 0 Å². The molecule has 0 amide bonds. The summed E-state index contributed by atoms with van der Waals surface area (Å²) in [6.07, 6.45) is 1.21. The van der Waals surface area contributed by atoms with Crippen LogP contribution in [0.15, 0.2) is 0 Å². The Balaban J connectivity index is 3.44. The van der Waals surface area contributed by atoms with Crippen LogP contribution in [0, 0.1) is 0 Å². The summed E-state index contributed by atoms with van der Waals surface area (Å²) in [5.74, 6) is 0. The second kappa shape index (κ2) is 6.02. The van der Waals surface area contributed by atoms with E-state index in [9.17, 15) is 0 Å². The van der Waals surface area contributed by atoms with Gasteiger partial charge in [-0.05, 0) is 12.1 Å². The Hall–Kier alpha value is 3.31. The maximum absolute atomic E-state index is 3.59. The van der Waals surface area contributed by atoms with Crippen molar-refractivity contribution in [3.63, 3.8) is 0 Å². The summed E-state index contributed by atoms with van der Waals surface area (Å²) < 4.78 is -2.72. The summed E-state index contributed by atoms with van der Waals surface area (Å²) in [6, 6.07) is 2.37. The lowest BCUT2D eigenvalue weighted by Crippen LogP contribution is -2.10. The van der Waals surface area contributed by atoms with Crippen LogP contribution in [0.3, 0.4) is 0 Å². The maximum atomic E-state index is 3.59. The van der Waals surface area contributed by atoms with Gasteiger partial charge in [-0.15, -0.1) is 0 Å². The van der Waals surface area contributed by atoms with E-state index in [1.54, 1.807) is 0 Å². The molecule has 0 radical (unpaired) electrons. The summed E-state index contributed by atoms with van der Waals surface area (Å²) in [5, 5.41) is 0. The maximum Gasteiger partial charge on any atom is 0.267 e. The van der Waals surface area contributed by atoms with Crippen molar-refractivity contribution in [2.45, 2.75) is 18.5 Å². The third kappa shape index (κ3) is 13.3. The number of hydrogen-bond acceptors (Lipinski definition) is 0. The van der Waals surface area contributed by atoms with Gasteiger partial charge in [0.1, 0.15) is 0 Å². The minimum atomic E-state index is -1.36. The van der Waals surface area contributed by atoms with E-state index in [1.165, 1.54) is 18.5 Å². The van der Waals surface area contributed by atoms with Crippen molar-refractivity contribution in [1.82, 2.24) is 0 Å². The normalized spacial score (nSPS) is 13.6. The molecule has 0 heterocycles. The Kier molecular flexibility index (Phi) is 7.83. The number of hydrogen-bond donors (Lipinski definition) is 0. The first-order valence-corrected chi connectivity index (χ1v) is 20.8. The second-order valence-electron chi connectivity index (χ2n) is 2.08. The van der Waals surface area contributed by atoms with Crippen molar-refractivity contribution in [3.8, 4) is 0 Å². The molecule has 0 aromatic carbocycles. The van der Waals surface area contributed by atoms with E-state index in [4.69, 9.17) is 0 Å². The lowest BCUT2D eigenvalue weighted by molar-refractivity contribution is 1.07. The number of rotatable bonds is 4. The van der Waals surface area contributed by atoms with E-state index in [0.717, 1.165) is 0 Å². The fourth-order valence-electron chi connectivity index (χ4n) is 0.489. The molecular formula is C3H6Br6Si2. The zero-order valence-corrected chi connectivity index (χ0v) is 16.9. The van der Waals surface area contributed by atoms with Gasteiger partial charge in [-0.2, -0.15) is 0 Å². The Morgan fingerprint density at radius 3 is 1.09 bits per heavy atom. The molecule has 0 rings (SSSR count). The van der Waals surface area contributed by atoms with Gasteiger partial charge in [-0.1, -0.05) is 98.2 Å². The largest absolute Gasteiger partial charge is 0.267 e.